The summed E-state index contributed by atoms with van der Waals surface area (Å²) in [5.74, 6) is 3.94. The van der Waals surface area contributed by atoms with E-state index in [1.807, 2.05) is 24.6 Å². The molecule has 1 saturated carbocycles. The van der Waals surface area contributed by atoms with Crippen LogP contribution in [-0.2, 0) is 18.4 Å². The summed E-state index contributed by atoms with van der Waals surface area (Å²) in [7, 11) is 2.02. The molecule has 1 atom stereocenters. The quantitative estimate of drug-likeness (QED) is 0.811. The van der Waals surface area contributed by atoms with Gasteiger partial charge in [0.25, 0.3) is 0 Å². The second-order valence-corrected chi connectivity index (χ2v) is 9.00. The van der Waals surface area contributed by atoms with Crippen LogP contribution < -0.4 is 0 Å². The lowest BCUT2D eigenvalue weighted by atomic mass is 9.70. The SMILES string of the molecule is Cc1ccc(CN2CCC3(CC2)CN(C(=O)C2CC2)CC3c2nncn2C)o1. The van der Waals surface area contributed by atoms with Crippen molar-refractivity contribution in [3.05, 3.63) is 35.8 Å². The van der Waals surface area contributed by atoms with Gasteiger partial charge in [0.1, 0.15) is 23.7 Å². The molecular weight excluding hydrogens is 354 g/mol. The van der Waals surface area contributed by atoms with Crippen LogP contribution in [0.25, 0.3) is 0 Å². The van der Waals surface area contributed by atoms with Gasteiger partial charge in [-0.25, -0.2) is 0 Å². The molecule has 2 saturated heterocycles. The standard InChI is InChI=1S/C21H29N5O2/c1-15-3-6-17(28-15)11-25-9-7-21(8-10-25)13-26(20(27)16-4-5-16)12-18(21)19-23-22-14-24(19)2/h3,6,14,16,18H,4-5,7-13H2,1-2H3. The Balaban J connectivity index is 1.33. The lowest BCUT2D eigenvalue weighted by Crippen LogP contribution is -2.44. The summed E-state index contributed by atoms with van der Waals surface area (Å²) in [5, 5.41) is 8.56. The molecule has 3 aliphatic rings. The molecule has 7 nitrogen and oxygen atoms in total. The highest BCUT2D eigenvalue weighted by atomic mass is 16.3. The summed E-state index contributed by atoms with van der Waals surface area (Å²) in [6, 6.07) is 4.11. The molecule has 2 aliphatic heterocycles. The summed E-state index contributed by atoms with van der Waals surface area (Å²) in [6.07, 6.45) is 6.07. The fourth-order valence-corrected chi connectivity index (χ4v) is 5.14. The van der Waals surface area contributed by atoms with E-state index in [0.29, 0.717) is 5.91 Å². The predicted octanol–water partition coefficient (Wildman–Crippen LogP) is 2.33. The average Bonchev–Trinajstić information content (AvgIpc) is 3.18. The molecule has 0 N–H and O–H groups in total. The van der Waals surface area contributed by atoms with Crippen LogP contribution >= 0.6 is 0 Å². The van der Waals surface area contributed by atoms with Crippen LogP contribution in [0.1, 0.15) is 48.9 Å². The zero-order chi connectivity index (χ0) is 19.3. The molecule has 3 fully saturated rings. The third-order valence-corrected chi connectivity index (χ3v) is 6.97. The van der Waals surface area contributed by atoms with E-state index in [1.54, 1.807) is 6.33 Å². The number of rotatable bonds is 4. The third kappa shape index (κ3) is 3.15. The van der Waals surface area contributed by atoms with Crippen LogP contribution in [0.15, 0.2) is 22.9 Å². The number of aromatic nitrogens is 3. The fourth-order valence-electron chi connectivity index (χ4n) is 5.14. The summed E-state index contributed by atoms with van der Waals surface area (Å²) in [6.45, 7) is 6.57. The minimum atomic E-state index is 0.112. The number of carbonyl (C=O) groups is 1. The van der Waals surface area contributed by atoms with E-state index in [0.717, 1.165) is 75.8 Å². The second kappa shape index (κ2) is 6.72. The second-order valence-electron chi connectivity index (χ2n) is 9.00. The van der Waals surface area contributed by atoms with Crippen molar-refractivity contribution in [2.45, 2.75) is 45.1 Å². The van der Waals surface area contributed by atoms with E-state index in [-0.39, 0.29) is 17.3 Å². The number of hydrogen-bond donors (Lipinski definition) is 0. The highest BCUT2D eigenvalue weighted by molar-refractivity contribution is 5.81. The van der Waals surface area contributed by atoms with E-state index in [9.17, 15) is 4.79 Å². The Morgan fingerprint density at radius 3 is 2.68 bits per heavy atom. The highest BCUT2D eigenvalue weighted by Gasteiger charge is 2.52. The Labute approximate surface area is 165 Å². The van der Waals surface area contributed by atoms with Gasteiger partial charge in [-0.05, 0) is 57.8 Å². The monoisotopic (exact) mass is 383 g/mol. The van der Waals surface area contributed by atoms with Gasteiger partial charge in [0.05, 0.1) is 6.54 Å². The molecule has 2 aromatic heterocycles. The molecule has 0 aromatic carbocycles. The van der Waals surface area contributed by atoms with E-state index < -0.39 is 0 Å². The lowest BCUT2D eigenvalue weighted by Gasteiger charge is -2.42. The number of nitrogens with zero attached hydrogens (tertiary/aromatic N) is 5. The number of amides is 1. The first-order chi connectivity index (χ1) is 13.5. The summed E-state index contributed by atoms with van der Waals surface area (Å²) in [4.78, 5) is 17.4. The zero-order valence-corrected chi connectivity index (χ0v) is 16.8. The molecule has 28 heavy (non-hydrogen) atoms. The number of piperidine rings is 1. The smallest absolute Gasteiger partial charge is 0.225 e. The van der Waals surface area contributed by atoms with Crippen LogP contribution in [0, 0.1) is 18.3 Å². The van der Waals surface area contributed by atoms with Crippen molar-refractivity contribution in [3.63, 3.8) is 0 Å². The predicted molar refractivity (Wildman–Crippen MR) is 103 cm³/mol. The highest BCUT2D eigenvalue weighted by Crippen LogP contribution is 2.50. The maximum Gasteiger partial charge on any atom is 0.225 e. The molecule has 1 spiro atoms. The van der Waals surface area contributed by atoms with E-state index in [4.69, 9.17) is 4.42 Å². The maximum atomic E-state index is 12.8. The van der Waals surface area contributed by atoms with Gasteiger partial charge in [0.15, 0.2) is 0 Å². The molecular formula is C21H29N5O2. The molecule has 4 heterocycles. The van der Waals surface area contributed by atoms with Crippen molar-refractivity contribution in [1.82, 2.24) is 24.6 Å². The molecule has 5 rings (SSSR count). The van der Waals surface area contributed by atoms with Crippen LogP contribution in [0.2, 0.25) is 0 Å². The molecule has 0 radical (unpaired) electrons. The number of carbonyl (C=O) groups excluding carboxylic acids is 1. The van der Waals surface area contributed by atoms with Gasteiger partial charge < -0.3 is 13.9 Å². The third-order valence-electron chi connectivity index (χ3n) is 6.97. The van der Waals surface area contributed by atoms with Crippen LogP contribution in [0.5, 0.6) is 0 Å². The van der Waals surface area contributed by atoms with Crippen LogP contribution in [0.4, 0.5) is 0 Å². The fraction of sp³-hybridized carbons (Fsp3) is 0.667. The molecule has 1 amide bonds. The van der Waals surface area contributed by atoms with E-state index >= 15 is 0 Å². The van der Waals surface area contributed by atoms with Crippen LogP contribution in [0.3, 0.4) is 0 Å². The Hall–Kier alpha value is -2.15. The number of furan rings is 1. The van der Waals surface area contributed by atoms with Gasteiger partial charge in [0.2, 0.25) is 5.91 Å². The van der Waals surface area contributed by atoms with E-state index in [1.165, 1.54) is 0 Å². The van der Waals surface area contributed by atoms with Crippen molar-refractivity contribution in [3.8, 4) is 0 Å². The molecule has 7 heteroatoms. The number of aryl methyl sites for hydroxylation is 2. The topological polar surface area (TPSA) is 67.4 Å². The maximum absolute atomic E-state index is 12.8. The Kier molecular flexibility index (Phi) is 4.30. The van der Waals surface area contributed by atoms with Crippen molar-refractivity contribution in [2.75, 3.05) is 26.2 Å². The van der Waals surface area contributed by atoms with Gasteiger partial charge in [0, 0.05) is 37.4 Å². The first-order valence-electron chi connectivity index (χ1n) is 10.4. The minimum absolute atomic E-state index is 0.112. The zero-order valence-electron chi connectivity index (χ0n) is 16.8. The average molecular weight is 383 g/mol. The Morgan fingerprint density at radius 2 is 2.07 bits per heavy atom. The van der Waals surface area contributed by atoms with Gasteiger partial charge in [-0.3, -0.25) is 9.69 Å². The largest absolute Gasteiger partial charge is 0.465 e. The molecule has 0 bridgehead atoms. The number of hydrogen-bond acceptors (Lipinski definition) is 5. The van der Waals surface area contributed by atoms with Crippen LogP contribution in [-0.4, -0.2) is 56.7 Å². The molecule has 1 aliphatic carbocycles. The molecule has 150 valence electrons. The summed E-state index contributed by atoms with van der Waals surface area (Å²) < 4.78 is 7.80. The van der Waals surface area contributed by atoms with Gasteiger partial charge in [-0.1, -0.05) is 0 Å². The normalized spacial score (nSPS) is 24.9. The van der Waals surface area contributed by atoms with Gasteiger partial charge in [-0.2, -0.15) is 0 Å². The van der Waals surface area contributed by atoms with E-state index in [2.05, 4.69) is 26.1 Å². The van der Waals surface area contributed by atoms with Crippen molar-refractivity contribution in [2.24, 2.45) is 18.4 Å². The molecule has 2 aromatic rings. The summed E-state index contributed by atoms with van der Waals surface area (Å²) >= 11 is 0. The first kappa shape index (κ1) is 17.9. The Bertz CT molecular complexity index is 860. The number of likely N-dealkylation sites (tertiary alicyclic amines) is 2. The van der Waals surface area contributed by atoms with Gasteiger partial charge in [-0.15, -0.1) is 10.2 Å². The Morgan fingerprint density at radius 1 is 1.29 bits per heavy atom. The van der Waals surface area contributed by atoms with Crippen molar-refractivity contribution in [1.29, 1.82) is 0 Å². The summed E-state index contributed by atoms with van der Waals surface area (Å²) in [5.41, 5.74) is 0.112. The van der Waals surface area contributed by atoms with Gasteiger partial charge >= 0.3 is 0 Å². The van der Waals surface area contributed by atoms with Crippen molar-refractivity contribution >= 4 is 5.91 Å². The lowest BCUT2D eigenvalue weighted by molar-refractivity contribution is -0.132. The first-order valence-corrected chi connectivity index (χ1v) is 10.4. The molecule has 1 unspecified atom stereocenters. The minimum Gasteiger partial charge on any atom is -0.465 e. The van der Waals surface area contributed by atoms with Crippen molar-refractivity contribution < 1.29 is 9.21 Å².